The summed E-state index contributed by atoms with van der Waals surface area (Å²) in [4.78, 5) is 10.2. The van der Waals surface area contributed by atoms with E-state index >= 15 is 0 Å². The van der Waals surface area contributed by atoms with Gasteiger partial charge in [0.1, 0.15) is 0 Å². The van der Waals surface area contributed by atoms with Gasteiger partial charge < -0.3 is 19.3 Å². The maximum absolute atomic E-state index is 10.7. The summed E-state index contributed by atoms with van der Waals surface area (Å²) in [7, 11) is 0. The number of carboxylic acid groups (broad SMARTS) is 1. The van der Waals surface area contributed by atoms with E-state index in [1.54, 1.807) is 0 Å². The molecule has 0 fully saturated rings. The average Bonchev–Trinajstić information content (AvgIpc) is 2.18. The topological polar surface area (TPSA) is 121 Å². The minimum Gasteiger partial charge on any atom is -0.872 e. The van der Waals surface area contributed by atoms with Gasteiger partial charge in [-0.2, -0.15) is 0 Å². The van der Waals surface area contributed by atoms with Crippen molar-refractivity contribution in [3.63, 3.8) is 0 Å². The first-order valence-electron chi connectivity index (χ1n) is 4.43. The normalized spacial score (nSPS) is 9.61. The molecule has 2 N–H and O–H groups in total. The van der Waals surface area contributed by atoms with Crippen molar-refractivity contribution < 1.29 is 84.0 Å². The second-order valence-electron chi connectivity index (χ2n) is 2.52. The van der Waals surface area contributed by atoms with E-state index in [0.717, 1.165) is 26.1 Å². The molecule has 1 unspecified atom stereocenters. The average molecular weight is 471 g/mol. The molecule has 0 aromatic heterocycles. The first kappa shape index (κ1) is 23.6. The summed E-state index contributed by atoms with van der Waals surface area (Å²) in [5, 5.41) is 19.0. The van der Waals surface area contributed by atoms with Crippen molar-refractivity contribution in [1.82, 2.24) is 0 Å². The molecule has 18 heavy (non-hydrogen) atoms. The maximum Gasteiger partial charge on any atom is 1.00 e. The van der Waals surface area contributed by atoms with Crippen LogP contribution >= 0.6 is 0 Å². The number of aromatic carboxylic acids is 1. The molecule has 1 atom stereocenters. The van der Waals surface area contributed by atoms with Crippen LogP contribution < -0.4 is 34.7 Å². The van der Waals surface area contributed by atoms with Gasteiger partial charge in [-0.25, -0.2) is 9.00 Å². The Bertz CT molecular complexity index is 359. The number of hydrogen-bond donors (Lipinski definition) is 2. The molecular weight excluding hydrogens is 460 g/mol. The Labute approximate surface area is 146 Å². The predicted molar refractivity (Wildman–Crippen MR) is 54.9 cm³/mol. The largest absolute Gasteiger partial charge is 1.00 e. The third-order valence-electron chi connectivity index (χ3n) is 1.12. The minimum atomic E-state index is -2.86. The summed E-state index contributed by atoms with van der Waals surface area (Å²) >= 11 is -1.79. The van der Waals surface area contributed by atoms with Crippen molar-refractivity contribution in [3.8, 4) is 5.75 Å². The van der Waals surface area contributed by atoms with Crippen LogP contribution in [0, 0.1) is 0 Å². The molecule has 0 bridgehead atoms. The van der Waals surface area contributed by atoms with Crippen LogP contribution in [0.2, 0.25) is 3.93 Å². The van der Waals surface area contributed by atoms with Crippen LogP contribution in [0.3, 0.4) is 0 Å². The zero-order valence-corrected chi connectivity index (χ0v) is 18.5. The number of para-hydroxylation sites is 1. The van der Waals surface area contributed by atoms with Crippen LogP contribution in [0.4, 0.5) is 0 Å². The monoisotopic (exact) mass is 472 g/mol. The van der Waals surface area contributed by atoms with Crippen molar-refractivity contribution in [2.45, 2.75) is 10.9 Å². The zero-order valence-electron chi connectivity index (χ0n) is 10.2. The fourth-order valence-electron chi connectivity index (χ4n) is 0.643. The van der Waals surface area contributed by atoms with Gasteiger partial charge in [-0.05, 0) is 6.07 Å². The molecule has 6 nitrogen and oxygen atoms in total. The number of rotatable bonds is 1. The second kappa shape index (κ2) is 15.6. The summed E-state index contributed by atoms with van der Waals surface area (Å²) < 4.78 is 25.5. The van der Waals surface area contributed by atoms with Gasteiger partial charge in [-0.3, -0.25) is 0 Å². The Kier molecular flexibility index (Phi) is 20.4. The number of carboxylic acids is 1. The Hall–Kier alpha value is 0.495. The van der Waals surface area contributed by atoms with E-state index in [2.05, 4.69) is 6.92 Å². The smallest absolute Gasteiger partial charge is 0.872 e. The summed E-state index contributed by atoms with van der Waals surface area (Å²) in [5.41, 5.74) is -0.178. The quantitative estimate of drug-likeness (QED) is 0.354. The van der Waals surface area contributed by atoms with Crippen LogP contribution in [-0.2, 0) is 37.5 Å². The van der Waals surface area contributed by atoms with Crippen molar-refractivity contribution in [2.24, 2.45) is 0 Å². The second-order valence-corrected chi connectivity index (χ2v) is 6.84. The molecule has 1 aromatic rings. The van der Waals surface area contributed by atoms with Crippen LogP contribution in [-0.4, -0.2) is 24.4 Å². The molecule has 0 heterocycles. The molecule has 0 saturated carbocycles. The summed E-state index contributed by atoms with van der Waals surface area (Å²) in [6, 6.07) is 5.54. The van der Waals surface area contributed by atoms with E-state index in [1.807, 2.05) is 0 Å². The molecule has 9 heteroatoms. The molecule has 0 amide bonds. The van der Waals surface area contributed by atoms with Crippen LogP contribution in [0.25, 0.3) is 0 Å². The van der Waals surface area contributed by atoms with Gasteiger partial charge in [-0.1, -0.05) is 23.9 Å². The Balaban J connectivity index is -0.000000240. The Morgan fingerprint density at radius 1 is 1.44 bits per heavy atom. The van der Waals surface area contributed by atoms with Gasteiger partial charge >= 0.3 is 72.5 Å². The number of carbonyl (C=O) groups is 1. The fourth-order valence-corrected chi connectivity index (χ4v) is 0.643. The predicted octanol–water partition coefficient (Wildman–Crippen LogP) is -2.23. The molecule has 0 aliphatic carbocycles. The van der Waals surface area contributed by atoms with Crippen LogP contribution in [0.5, 0.6) is 5.75 Å². The van der Waals surface area contributed by atoms with E-state index < -0.39 is 23.1 Å². The van der Waals surface area contributed by atoms with E-state index in [-0.39, 0.29) is 35.1 Å². The molecule has 0 saturated heterocycles. The summed E-state index contributed by atoms with van der Waals surface area (Å²) in [5.74, 6) is -1.62. The molecule has 0 aliphatic rings. The van der Waals surface area contributed by atoms with E-state index in [1.165, 1.54) is 28.2 Å². The first-order valence-corrected chi connectivity index (χ1v) is 9.35. The first-order chi connectivity index (χ1) is 7.86. The Morgan fingerprint density at radius 3 is 2.00 bits per heavy atom. The third-order valence-corrected chi connectivity index (χ3v) is 1.12. The van der Waals surface area contributed by atoms with Crippen molar-refractivity contribution in [2.75, 3.05) is 0 Å². The SMILES string of the molecule is C[CH2][Hg+].O=C(O)c1ccccc1[O-].O=S([O-])O.[Na+]. The standard InChI is InChI=1S/C7H6O3.C2H5.Hg.Na.H2O3S/c8-6-4-2-1-3-5(6)7(9)10;1-2;;;1-4(2)3/h1-4,8H,(H,9,10);1H2,2H3;;;(H2,1,2,3)/q;;2*+1;/p-2. The van der Waals surface area contributed by atoms with Gasteiger partial charge in [0.05, 0.1) is 16.9 Å². The van der Waals surface area contributed by atoms with Gasteiger partial charge in [0.25, 0.3) is 0 Å². The molecule has 1 aromatic carbocycles. The number of hydrogen-bond acceptors (Lipinski definition) is 4. The van der Waals surface area contributed by atoms with E-state index in [9.17, 15) is 9.90 Å². The van der Waals surface area contributed by atoms with Gasteiger partial charge in [0.15, 0.2) is 0 Å². The van der Waals surface area contributed by atoms with E-state index in [0.29, 0.717) is 0 Å². The molecule has 0 spiro atoms. The van der Waals surface area contributed by atoms with Crippen molar-refractivity contribution in [3.05, 3.63) is 29.8 Å². The molecule has 92 valence electrons. The molecule has 1 rings (SSSR count). The van der Waals surface area contributed by atoms with Gasteiger partial charge in [0, 0.05) is 0 Å². The fraction of sp³-hybridized carbons (Fsp3) is 0.222. The summed E-state index contributed by atoms with van der Waals surface area (Å²) in [6.07, 6.45) is 0. The maximum atomic E-state index is 10.7. The van der Waals surface area contributed by atoms with Crippen molar-refractivity contribution in [1.29, 1.82) is 0 Å². The molecule has 0 aliphatic heterocycles. The van der Waals surface area contributed by atoms with Crippen LogP contribution in [0.1, 0.15) is 17.3 Å². The molecule has 0 radical (unpaired) electrons. The summed E-state index contributed by atoms with van der Waals surface area (Å²) in [6.45, 7) is 2.21. The van der Waals surface area contributed by atoms with Gasteiger partial charge in [-0.15, -0.1) is 0 Å². The van der Waals surface area contributed by atoms with E-state index in [4.69, 9.17) is 18.4 Å². The van der Waals surface area contributed by atoms with Crippen LogP contribution in [0.15, 0.2) is 24.3 Å². The minimum absolute atomic E-state index is 0. The van der Waals surface area contributed by atoms with Crippen molar-refractivity contribution >= 4 is 17.3 Å². The third kappa shape index (κ3) is 16.5. The Morgan fingerprint density at radius 2 is 1.78 bits per heavy atom. The van der Waals surface area contributed by atoms with Gasteiger partial charge in [0.2, 0.25) is 0 Å². The molecular formula is C9H11HgNaO6S. The zero-order chi connectivity index (χ0) is 13.8. The number of benzene rings is 1.